The van der Waals surface area contributed by atoms with Gasteiger partial charge >= 0.3 is 0 Å². The van der Waals surface area contributed by atoms with Crippen LogP contribution in [0.5, 0.6) is 0 Å². The van der Waals surface area contributed by atoms with Crippen molar-refractivity contribution in [2.24, 2.45) is 0 Å². The van der Waals surface area contributed by atoms with Crippen LogP contribution in [0.2, 0.25) is 0 Å². The molecule has 0 atom stereocenters. The van der Waals surface area contributed by atoms with Gasteiger partial charge < -0.3 is 5.32 Å². The molecule has 1 rings (SSSR count). The summed E-state index contributed by atoms with van der Waals surface area (Å²) in [5, 5.41) is 7.86. The minimum atomic E-state index is 0.923. The summed E-state index contributed by atoms with van der Waals surface area (Å²) in [6, 6.07) is 0. The molecule has 0 saturated carbocycles. The van der Waals surface area contributed by atoms with Crippen LogP contribution in [0.15, 0.2) is 16.1 Å². The minimum absolute atomic E-state index is 0.923. The highest BCUT2D eigenvalue weighted by Gasteiger charge is 2.11. The van der Waals surface area contributed by atoms with Crippen LogP contribution in [-0.2, 0) is 13.0 Å². The van der Waals surface area contributed by atoms with Crippen molar-refractivity contribution in [1.29, 1.82) is 0 Å². The maximum atomic E-state index is 4.52. The summed E-state index contributed by atoms with van der Waals surface area (Å²) in [5.74, 6) is 0. The zero-order chi connectivity index (χ0) is 13.5. The molecule has 1 N–H and O–H groups in total. The lowest BCUT2D eigenvalue weighted by atomic mass is 10.1. The topological polar surface area (TPSA) is 29.9 Å². The van der Waals surface area contributed by atoms with Crippen LogP contribution in [0.3, 0.4) is 0 Å². The number of halogens is 1. The van der Waals surface area contributed by atoms with Gasteiger partial charge in [0.2, 0.25) is 0 Å². The van der Waals surface area contributed by atoms with Crippen molar-refractivity contribution >= 4 is 15.9 Å². The third kappa shape index (κ3) is 4.25. The van der Waals surface area contributed by atoms with E-state index in [1.807, 2.05) is 6.92 Å². The number of aromatic nitrogens is 2. The average Bonchev–Trinajstić information content (AvgIpc) is 2.62. The molecule has 0 amide bonds. The number of hydrogen-bond donors (Lipinski definition) is 1. The SMILES string of the molecule is CCNCCC=C(C)Cc1c(Br)c(C)nn1CC. The van der Waals surface area contributed by atoms with Crippen molar-refractivity contribution < 1.29 is 0 Å². The maximum absolute atomic E-state index is 4.52. The Balaban J connectivity index is 2.66. The van der Waals surface area contributed by atoms with E-state index in [9.17, 15) is 0 Å². The first kappa shape index (κ1) is 15.4. The molecule has 0 unspecified atom stereocenters. The third-order valence-electron chi connectivity index (χ3n) is 2.96. The Labute approximate surface area is 119 Å². The number of nitrogens with zero attached hydrogens (tertiary/aromatic N) is 2. The van der Waals surface area contributed by atoms with E-state index in [-0.39, 0.29) is 0 Å². The second-order valence-corrected chi connectivity index (χ2v) is 5.32. The number of allylic oxidation sites excluding steroid dienone is 1. The summed E-state index contributed by atoms with van der Waals surface area (Å²) in [5.41, 5.74) is 3.77. The maximum Gasteiger partial charge on any atom is 0.0738 e. The molecule has 1 aromatic rings. The van der Waals surface area contributed by atoms with E-state index in [1.165, 1.54) is 11.3 Å². The molecule has 1 aromatic heterocycles. The first-order chi connectivity index (χ1) is 8.60. The molecule has 0 spiro atoms. The van der Waals surface area contributed by atoms with Crippen molar-refractivity contribution in [3.8, 4) is 0 Å². The average molecular weight is 314 g/mol. The fraction of sp³-hybridized carbons (Fsp3) is 0.643. The lowest BCUT2D eigenvalue weighted by Crippen LogP contribution is -2.13. The molecular formula is C14H24BrN3. The zero-order valence-corrected chi connectivity index (χ0v) is 13.5. The van der Waals surface area contributed by atoms with Gasteiger partial charge in [0.25, 0.3) is 0 Å². The van der Waals surface area contributed by atoms with Crippen LogP contribution in [0.4, 0.5) is 0 Å². The van der Waals surface area contributed by atoms with E-state index in [0.717, 1.165) is 42.6 Å². The molecule has 18 heavy (non-hydrogen) atoms. The molecule has 0 saturated heterocycles. The molecule has 102 valence electrons. The van der Waals surface area contributed by atoms with Crippen molar-refractivity contribution in [2.45, 2.75) is 47.1 Å². The standard InChI is InChI=1S/C14H24BrN3/c1-5-16-9-7-8-11(3)10-13-14(15)12(4)17-18(13)6-2/h8,16H,5-7,9-10H2,1-4H3. The van der Waals surface area contributed by atoms with E-state index in [4.69, 9.17) is 0 Å². The summed E-state index contributed by atoms with van der Waals surface area (Å²) in [7, 11) is 0. The van der Waals surface area contributed by atoms with Gasteiger partial charge in [-0.1, -0.05) is 18.6 Å². The van der Waals surface area contributed by atoms with Gasteiger partial charge in [-0.25, -0.2) is 0 Å². The Hall–Kier alpha value is -0.610. The number of hydrogen-bond acceptors (Lipinski definition) is 2. The Bertz CT molecular complexity index is 407. The summed E-state index contributed by atoms with van der Waals surface area (Å²) in [6.45, 7) is 11.5. The summed E-state index contributed by atoms with van der Waals surface area (Å²) < 4.78 is 3.24. The van der Waals surface area contributed by atoms with Crippen LogP contribution >= 0.6 is 15.9 Å². The summed E-state index contributed by atoms with van der Waals surface area (Å²) in [6.07, 6.45) is 4.38. The molecule has 0 bridgehead atoms. The molecule has 0 radical (unpaired) electrons. The van der Waals surface area contributed by atoms with Crippen LogP contribution in [0, 0.1) is 6.92 Å². The lowest BCUT2D eigenvalue weighted by molar-refractivity contribution is 0.623. The van der Waals surface area contributed by atoms with Crippen LogP contribution in [-0.4, -0.2) is 22.9 Å². The van der Waals surface area contributed by atoms with Gasteiger partial charge in [-0.3, -0.25) is 4.68 Å². The first-order valence-corrected chi connectivity index (χ1v) is 7.47. The number of nitrogens with one attached hydrogen (secondary N) is 1. The molecule has 3 nitrogen and oxygen atoms in total. The monoisotopic (exact) mass is 313 g/mol. The van der Waals surface area contributed by atoms with Gasteiger partial charge in [-0.05, 0) is 56.2 Å². The highest BCUT2D eigenvalue weighted by molar-refractivity contribution is 9.10. The Morgan fingerprint density at radius 1 is 1.44 bits per heavy atom. The predicted molar refractivity (Wildman–Crippen MR) is 81.0 cm³/mol. The van der Waals surface area contributed by atoms with E-state index in [0.29, 0.717) is 0 Å². The smallest absolute Gasteiger partial charge is 0.0738 e. The molecule has 4 heteroatoms. The third-order valence-corrected chi connectivity index (χ3v) is 3.99. The highest BCUT2D eigenvalue weighted by atomic mass is 79.9. The lowest BCUT2D eigenvalue weighted by Gasteiger charge is -2.06. The molecule has 0 aliphatic rings. The highest BCUT2D eigenvalue weighted by Crippen LogP contribution is 2.23. The largest absolute Gasteiger partial charge is 0.317 e. The van der Waals surface area contributed by atoms with Gasteiger partial charge in [0, 0.05) is 13.0 Å². The molecule has 0 aliphatic heterocycles. The van der Waals surface area contributed by atoms with Crippen LogP contribution in [0.25, 0.3) is 0 Å². The molecular weight excluding hydrogens is 290 g/mol. The summed E-state index contributed by atoms with van der Waals surface area (Å²) in [4.78, 5) is 0. The predicted octanol–water partition coefficient (Wildman–Crippen LogP) is 3.46. The number of rotatable bonds is 7. The minimum Gasteiger partial charge on any atom is -0.317 e. The Morgan fingerprint density at radius 2 is 2.17 bits per heavy atom. The number of aryl methyl sites for hydroxylation is 2. The van der Waals surface area contributed by atoms with Crippen molar-refractivity contribution in [3.63, 3.8) is 0 Å². The van der Waals surface area contributed by atoms with Crippen molar-refractivity contribution in [2.75, 3.05) is 13.1 Å². The molecule has 0 aliphatic carbocycles. The van der Waals surface area contributed by atoms with E-state index in [2.05, 4.69) is 57.9 Å². The fourth-order valence-corrected chi connectivity index (χ4v) is 2.40. The van der Waals surface area contributed by atoms with E-state index in [1.54, 1.807) is 0 Å². The van der Waals surface area contributed by atoms with Crippen molar-refractivity contribution in [1.82, 2.24) is 15.1 Å². The summed E-state index contributed by atoms with van der Waals surface area (Å²) >= 11 is 3.64. The van der Waals surface area contributed by atoms with Gasteiger partial charge in [-0.15, -0.1) is 0 Å². The quantitative estimate of drug-likeness (QED) is 0.617. The van der Waals surface area contributed by atoms with Crippen LogP contribution < -0.4 is 5.32 Å². The van der Waals surface area contributed by atoms with Gasteiger partial charge in [0.1, 0.15) is 0 Å². The van der Waals surface area contributed by atoms with Gasteiger partial charge in [0.05, 0.1) is 15.9 Å². The fourth-order valence-electron chi connectivity index (χ4n) is 1.97. The van der Waals surface area contributed by atoms with E-state index < -0.39 is 0 Å². The normalized spacial score (nSPS) is 12.2. The first-order valence-electron chi connectivity index (χ1n) is 6.68. The molecule has 1 heterocycles. The van der Waals surface area contributed by atoms with E-state index >= 15 is 0 Å². The second kappa shape index (κ2) is 7.74. The Kier molecular flexibility index (Phi) is 6.65. The molecule has 0 fully saturated rings. The zero-order valence-electron chi connectivity index (χ0n) is 11.9. The molecule has 0 aromatic carbocycles. The van der Waals surface area contributed by atoms with Crippen molar-refractivity contribution in [3.05, 3.63) is 27.5 Å². The Morgan fingerprint density at radius 3 is 2.78 bits per heavy atom. The second-order valence-electron chi connectivity index (χ2n) is 4.53. The van der Waals surface area contributed by atoms with Gasteiger partial charge in [-0.2, -0.15) is 5.10 Å². The van der Waals surface area contributed by atoms with Gasteiger partial charge in [0.15, 0.2) is 0 Å². The van der Waals surface area contributed by atoms with Crippen LogP contribution in [0.1, 0.15) is 38.6 Å².